The van der Waals surface area contributed by atoms with E-state index in [1.165, 1.54) is 6.08 Å². The average Bonchev–Trinajstić information content (AvgIpc) is 2.52. The Labute approximate surface area is 107 Å². The Morgan fingerprint density at radius 2 is 2.21 bits per heavy atom. The Hall–Kier alpha value is -1.69. The number of urea groups is 1. The van der Waals surface area contributed by atoms with Crippen molar-refractivity contribution in [2.24, 2.45) is 5.73 Å². The number of fused-ring (bicyclic) bond motifs is 2. The lowest BCUT2D eigenvalue weighted by Crippen LogP contribution is -2.49. The van der Waals surface area contributed by atoms with Gasteiger partial charge in [0, 0.05) is 0 Å². The molecule has 2 aliphatic rings. The van der Waals surface area contributed by atoms with Gasteiger partial charge < -0.3 is 15.7 Å². The number of hydrogen-bond donors (Lipinski definition) is 3. The Morgan fingerprint density at radius 1 is 1.58 bits per heavy atom. The van der Waals surface area contributed by atoms with E-state index in [-0.39, 0.29) is 12.1 Å². The van der Waals surface area contributed by atoms with Gasteiger partial charge in [0.25, 0.3) is 0 Å². The van der Waals surface area contributed by atoms with Crippen LogP contribution in [0.3, 0.4) is 0 Å². The van der Waals surface area contributed by atoms with E-state index in [0.29, 0.717) is 5.06 Å². The Morgan fingerprint density at radius 3 is 2.68 bits per heavy atom. The molecule has 2 atom stereocenters. The van der Waals surface area contributed by atoms with Gasteiger partial charge in [-0.1, -0.05) is 6.08 Å². The van der Waals surface area contributed by atoms with Crippen molar-refractivity contribution in [3.8, 4) is 0 Å². The highest BCUT2D eigenvalue weighted by Crippen LogP contribution is 2.29. The molecule has 1 saturated heterocycles. The van der Waals surface area contributed by atoms with Crippen LogP contribution in [0, 0.1) is 0 Å². The highest BCUT2D eigenvalue weighted by atomic mass is 32.3. The molecule has 1 fully saturated rings. The van der Waals surface area contributed by atoms with E-state index in [2.05, 4.69) is 4.28 Å². The zero-order valence-corrected chi connectivity index (χ0v) is 10.3. The highest BCUT2D eigenvalue weighted by Gasteiger charge is 2.49. The number of hydroxylamine groups is 2. The topological polar surface area (TPSA) is 150 Å². The number of nitrogens with two attached hydrogens (primary N) is 1. The van der Waals surface area contributed by atoms with Crippen molar-refractivity contribution in [3.63, 3.8) is 0 Å². The van der Waals surface area contributed by atoms with Gasteiger partial charge in [0.1, 0.15) is 6.04 Å². The predicted octanol–water partition coefficient (Wildman–Crippen LogP) is -2.39. The smallest absolute Gasteiger partial charge is 0.392 e. The zero-order chi connectivity index (χ0) is 14.4. The monoisotopic (exact) mass is 293 g/mol. The summed E-state index contributed by atoms with van der Waals surface area (Å²) in [5.41, 5.74) is 5.31. The molecule has 2 rings (SSSR count). The van der Waals surface area contributed by atoms with Crippen LogP contribution < -0.4 is 5.73 Å². The fraction of sp³-hybridized carbons (Fsp3) is 0.500. The maximum Gasteiger partial charge on any atom is 0.418 e. The summed E-state index contributed by atoms with van der Waals surface area (Å²) in [6.07, 6.45) is 1.31. The minimum absolute atomic E-state index is 0.0362. The summed E-state index contributed by atoms with van der Waals surface area (Å²) in [7, 11) is -4.87. The minimum atomic E-state index is -4.87. The first-order valence-corrected chi connectivity index (χ1v) is 6.48. The van der Waals surface area contributed by atoms with Crippen LogP contribution in [0.1, 0.15) is 0 Å². The lowest BCUT2D eigenvalue weighted by Gasteiger charge is -2.28. The molecule has 10 nitrogen and oxygen atoms in total. The zero-order valence-electron chi connectivity index (χ0n) is 9.46. The van der Waals surface area contributed by atoms with Crippen LogP contribution in [0.4, 0.5) is 4.79 Å². The summed E-state index contributed by atoms with van der Waals surface area (Å²) in [6, 6.07) is -2.94. The fourth-order valence-corrected chi connectivity index (χ4v) is 2.54. The third-order valence-corrected chi connectivity index (χ3v) is 3.16. The molecule has 0 saturated carbocycles. The van der Waals surface area contributed by atoms with Crippen molar-refractivity contribution in [1.82, 2.24) is 9.96 Å². The second-order valence-electron chi connectivity index (χ2n) is 4.03. The summed E-state index contributed by atoms with van der Waals surface area (Å²) in [5, 5.41) is 9.55. The van der Waals surface area contributed by atoms with Crippen molar-refractivity contribution in [2.75, 3.05) is 13.2 Å². The van der Waals surface area contributed by atoms with Gasteiger partial charge in [0.05, 0.1) is 19.2 Å². The normalized spacial score (nSPS) is 26.6. The maximum absolute atomic E-state index is 11.9. The lowest BCUT2D eigenvalue weighted by molar-refractivity contribution is -0.121. The quantitative estimate of drug-likeness (QED) is 0.386. The van der Waals surface area contributed by atoms with Gasteiger partial charge in [-0.3, -0.25) is 9.35 Å². The fourth-order valence-electron chi connectivity index (χ4n) is 2.16. The van der Waals surface area contributed by atoms with Crippen LogP contribution >= 0.6 is 0 Å². The van der Waals surface area contributed by atoms with Gasteiger partial charge in [-0.25, -0.2) is 4.79 Å². The third-order valence-electron chi connectivity index (χ3n) is 2.82. The number of hydrogen-bond acceptors (Lipinski definition) is 6. The van der Waals surface area contributed by atoms with Crippen LogP contribution in [0.2, 0.25) is 0 Å². The van der Waals surface area contributed by atoms with Gasteiger partial charge in [0.15, 0.2) is 0 Å². The van der Waals surface area contributed by atoms with Crippen molar-refractivity contribution in [2.45, 2.75) is 12.1 Å². The van der Waals surface area contributed by atoms with E-state index < -0.39 is 41.0 Å². The van der Waals surface area contributed by atoms with Crippen molar-refractivity contribution in [1.29, 1.82) is 0 Å². The summed E-state index contributed by atoms with van der Waals surface area (Å²) >= 11 is 0. The number of aliphatic hydroxyl groups excluding tert-OH is 1. The molecule has 106 valence electrons. The molecule has 2 aliphatic heterocycles. The Balaban J connectivity index is 2.36. The van der Waals surface area contributed by atoms with E-state index >= 15 is 0 Å². The van der Waals surface area contributed by atoms with Crippen molar-refractivity contribution in [3.05, 3.63) is 11.6 Å². The van der Waals surface area contributed by atoms with Crippen LogP contribution in [-0.2, 0) is 19.5 Å². The second kappa shape index (κ2) is 4.45. The number of aliphatic hydroxyl groups is 1. The van der Waals surface area contributed by atoms with Crippen LogP contribution in [0.5, 0.6) is 0 Å². The standard InChI is InChI=1S/C8H11N3O7S/c9-7(13)6-4(3-12)1-5-2-10(6)8(14)11(5)18-19(15,16)17/h1,5-6,12H,2-3H2,(H2,9,13)(H,15,16,17)/t5?,6-/m0/s1. The molecule has 4 N–H and O–H groups in total. The molecule has 0 aromatic carbocycles. The molecule has 1 unspecified atom stereocenters. The van der Waals surface area contributed by atoms with Crippen LogP contribution in [-0.4, -0.2) is 65.2 Å². The van der Waals surface area contributed by atoms with Crippen molar-refractivity contribution >= 4 is 22.3 Å². The molecule has 11 heteroatoms. The molecule has 19 heavy (non-hydrogen) atoms. The summed E-state index contributed by atoms with van der Waals surface area (Å²) in [6.45, 7) is -0.556. The molecule has 0 spiro atoms. The number of carbonyl (C=O) groups excluding carboxylic acids is 2. The molecular weight excluding hydrogens is 282 g/mol. The molecule has 0 aromatic rings. The van der Waals surface area contributed by atoms with E-state index in [4.69, 9.17) is 15.4 Å². The van der Waals surface area contributed by atoms with Crippen LogP contribution in [0.25, 0.3) is 0 Å². The molecule has 0 aliphatic carbocycles. The van der Waals surface area contributed by atoms with Gasteiger partial charge in [-0.15, -0.1) is 4.28 Å². The molecular formula is C8H11N3O7S. The number of rotatable bonds is 4. The van der Waals surface area contributed by atoms with Crippen molar-refractivity contribution < 1.29 is 31.9 Å². The number of nitrogens with zero attached hydrogens (tertiary/aromatic N) is 2. The Bertz CT molecular complexity index is 557. The molecule has 0 radical (unpaired) electrons. The lowest BCUT2D eigenvalue weighted by atomic mass is 9.99. The first kappa shape index (κ1) is 13.7. The SMILES string of the molecule is NC(=O)[C@@H]1C(CO)=CC2CN1C(=O)N2OS(=O)(=O)O. The first-order valence-electron chi connectivity index (χ1n) is 5.12. The number of primary amides is 1. The van der Waals surface area contributed by atoms with Gasteiger partial charge in [-0.2, -0.15) is 13.5 Å². The summed E-state index contributed by atoms with van der Waals surface area (Å²) in [5.74, 6) is -0.860. The number of carbonyl (C=O) groups is 2. The van der Waals surface area contributed by atoms with E-state index in [0.717, 1.165) is 4.90 Å². The molecule has 2 bridgehead atoms. The predicted molar refractivity (Wildman–Crippen MR) is 58.5 cm³/mol. The number of amides is 3. The van der Waals surface area contributed by atoms with Crippen LogP contribution in [0.15, 0.2) is 11.6 Å². The largest absolute Gasteiger partial charge is 0.418 e. The molecule has 2 heterocycles. The molecule has 0 aromatic heterocycles. The van der Waals surface area contributed by atoms with E-state index in [9.17, 15) is 18.0 Å². The highest BCUT2D eigenvalue weighted by molar-refractivity contribution is 7.80. The third kappa shape index (κ3) is 2.40. The van der Waals surface area contributed by atoms with Gasteiger partial charge in [-0.05, 0) is 5.57 Å². The molecule has 3 amide bonds. The Kier molecular flexibility index (Phi) is 3.22. The van der Waals surface area contributed by atoms with E-state index in [1.54, 1.807) is 0 Å². The van der Waals surface area contributed by atoms with Gasteiger partial charge in [0.2, 0.25) is 5.91 Å². The minimum Gasteiger partial charge on any atom is -0.392 e. The maximum atomic E-state index is 11.9. The summed E-state index contributed by atoms with van der Waals surface area (Å²) in [4.78, 5) is 24.1. The second-order valence-corrected chi connectivity index (χ2v) is 5.04. The summed E-state index contributed by atoms with van der Waals surface area (Å²) < 4.78 is 34.0. The first-order chi connectivity index (χ1) is 8.74. The van der Waals surface area contributed by atoms with E-state index in [1.807, 2.05) is 0 Å². The van der Waals surface area contributed by atoms with Gasteiger partial charge >= 0.3 is 16.4 Å². The average molecular weight is 293 g/mol.